The first-order chi connectivity index (χ1) is 16.1. The summed E-state index contributed by atoms with van der Waals surface area (Å²) in [6.07, 6.45) is 2.38. The lowest BCUT2D eigenvalue weighted by molar-refractivity contribution is 0.111. The highest BCUT2D eigenvalue weighted by atomic mass is 32.2. The van der Waals surface area contributed by atoms with E-state index in [-0.39, 0.29) is 0 Å². The highest BCUT2D eigenvalue weighted by molar-refractivity contribution is 8.00. The molecule has 0 amide bonds. The number of carbonyl (C=O) groups is 3. The molecule has 0 radical (unpaired) electrons. The van der Waals surface area contributed by atoms with Crippen molar-refractivity contribution < 1.29 is 14.4 Å². The average Bonchev–Trinajstić information content (AvgIpc) is 2.84. The van der Waals surface area contributed by atoms with Crippen LogP contribution in [0.5, 0.6) is 0 Å². The fraction of sp³-hybridized carbons (Fsp3) is 0. The van der Waals surface area contributed by atoms with Crippen molar-refractivity contribution in [1.82, 2.24) is 15.0 Å². The van der Waals surface area contributed by atoms with Crippen LogP contribution in [0, 0.1) is 0 Å². The van der Waals surface area contributed by atoms with Crippen LogP contribution in [0.1, 0.15) is 31.1 Å². The van der Waals surface area contributed by atoms with Gasteiger partial charge in [-0.05, 0) is 71.7 Å². The summed E-state index contributed by atoms with van der Waals surface area (Å²) in [5.74, 6) is 0. The largest absolute Gasteiger partial charge is 0.298 e. The molecule has 0 saturated heterocycles. The Morgan fingerprint density at radius 2 is 0.788 bits per heavy atom. The number of benzene rings is 3. The molecule has 0 unspecified atom stereocenters. The van der Waals surface area contributed by atoms with Gasteiger partial charge in [-0.3, -0.25) is 14.4 Å². The summed E-state index contributed by atoms with van der Waals surface area (Å²) in [6, 6.07) is 21.5. The minimum atomic E-state index is 0.469. The predicted octanol–water partition coefficient (Wildman–Crippen LogP) is 5.76. The molecule has 6 nitrogen and oxygen atoms in total. The minimum absolute atomic E-state index is 0.469. The van der Waals surface area contributed by atoms with E-state index >= 15 is 0 Å². The van der Waals surface area contributed by atoms with Crippen molar-refractivity contribution >= 4 is 54.1 Å². The van der Waals surface area contributed by atoms with Gasteiger partial charge in [-0.25, -0.2) is 0 Å². The minimum Gasteiger partial charge on any atom is -0.298 e. The Kier molecular flexibility index (Phi) is 7.66. The zero-order valence-corrected chi connectivity index (χ0v) is 19.4. The summed E-state index contributed by atoms with van der Waals surface area (Å²) in [5, 5.41) is 1.41. The van der Waals surface area contributed by atoms with Crippen molar-refractivity contribution in [3.63, 3.8) is 0 Å². The molecule has 9 heteroatoms. The topological polar surface area (TPSA) is 89.9 Å². The quantitative estimate of drug-likeness (QED) is 0.272. The summed E-state index contributed by atoms with van der Waals surface area (Å²) < 4.78 is 0. The standard InChI is InChI=1S/C24H15N3O3S3/c28-13-16-4-1-7-19(10-16)31-22-25-23(32-20-8-2-5-17(11-20)14-29)27-24(26-22)33-21-9-3-6-18(12-21)15-30/h1-15H. The lowest BCUT2D eigenvalue weighted by Crippen LogP contribution is -1.97. The molecule has 4 rings (SSSR count). The molecule has 33 heavy (non-hydrogen) atoms. The van der Waals surface area contributed by atoms with Crippen molar-refractivity contribution in [2.45, 2.75) is 30.2 Å². The van der Waals surface area contributed by atoms with Crippen LogP contribution < -0.4 is 0 Å². The number of aldehydes is 3. The number of rotatable bonds is 9. The number of aromatic nitrogens is 3. The average molecular weight is 490 g/mol. The number of nitrogens with zero attached hydrogens (tertiary/aromatic N) is 3. The second-order valence-electron chi connectivity index (χ2n) is 6.56. The predicted molar refractivity (Wildman–Crippen MR) is 128 cm³/mol. The maximum absolute atomic E-state index is 11.1. The van der Waals surface area contributed by atoms with Gasteiger partial charge in [-0.15, -0.1) is 0 Å². The van der Waals surface area contributed by atoms with Crippen LogP contribution in [0.25, 0.3) is 0 Å². The Balaban J connectivity index is 1.68. The number of carbonyl (C=O) groups excluding carboxylic acids is 3. The van der Waals surface area contributed by atoms with Gasteiger partial charge in [0.05, 0.1) is 0 Å². The highest BCUT2D eigenvalue weighted by Gasteiger charge is 2.12. The van der Waals surface area contributed by atoms with Crippen molar-refractivity contribution in [2.75, 3.05) is 0 Å². The van der Waals surface area contributed by atoms with Crippen LogP contribution in [0.2, 0.25) is 0 Å². The molecule has 0 N–H and O–H groups in total. The first-order valence-corrected chi connectivity index (χ1v) is 12.1. The van der Waals surface area contributed by atoms with Crippen LogP contribution in [-0.4, -0.2) is 33.8 Å². The number of hydrogen-bond acceptors (Lipinski definition) is 9. The summed E-state index contributed by atoms with van der Waals surface area (Å²) in [6.45, 7) is 0. The van der Waals surface area contributed by atoms with E-state index in [1.165, 1.54) is 35.3 Å². The maximum Gasteiger partial charge on any atom is 0.197 e. The Morgan fingerprint density at radius 3 is 1.06 bits per heavy atom. The Hall–Kier alpha value is -3.27. The van der Waals surface area contributed by atoms with Crippen LogP contribution in [0.15, 0.2) is 103 Å². The Labute approximate surface area is 202 Å². The van der Waals surface area contributed by atoms with Gasteiger partial charge < -0.3 is 0 Å². The van der Waals surface area contributed by atoms with Crippen LogP contribution in [0.3, 0.4) is 0 Å². The van der Waals surface area contributed by atoms with Crippen molar-refractivity contribution in [3.05, 3.63) is 89.5 Å². The molecule has 0 spiro atoms. The van der Waals surface area contributed by atoms with Gasteiger partial charge in [-0.1, -0.05) is 36.4 Å². The molecule has 0 aliphatic heterocycles. The van der Waals surface area contributed by atoms with E-state index in [1.807, 2.05) is 18.2 Å². The molecule has 0 atom stereocenters. The smallest absolute Gasteiger partial charge is 0.197 e. The molecule has 4 aromatic rings. The third kappa shape index (κ3) is 6.38. The van der Waals surface area contributed by atoms with Gasteiger partial charge in [0.25, 0.3) is 0 Å². The molecule has 0 aliphatic rings. The maximum atomic E-state index is 11.1. The molecular weight excluding hydrogens is 474 g/mol. The lowest BCUT2D eigenvalue weighted by Gasteiger charge is -2.08. The van der Waals surface area contributed by atoms with Gasteiger partial charge in [0.15, 0.2) is 15.5 Å². The molecule has 0 saturated carbocycles. The van der Waals surface area contributed by atoms with E-state index in [9.17, 15) is 14.4 Å². The van der Waals surface area contributed by atoms with Crippen LogP contribution >= 0.6 is 35.3 Å². The second-order valence-corrected chi connectivity index (χ2v) is 9.68. The fourth-order valence-corrected chi connectivity index (χ4v) is 5.35. The van der Waals surface area contributed by atoms with Gasteiger partial charge in [0, 0.05) is 31.4 Å². The van der Waals surface area contributed by atoms with Crippen molar-refractivity contribution in [3.8, 4) is 0 Å². The monoisotopic (exact) mass is 489 g/mol. The normalized spacial score (nSPS) is 10.5. The van der Waals surface area contributed by atoms with Crippen LogP contribution in [0.4, 0.5) is 0 Å². The third-order valence-corrected chi connectivity index (χ3v) is 6.75. The molecule has 0 fully saturated rings. The van der Waals surface area contributed by atoms with Gasteiger partial charge in [0.1, 0.15) is 18.9 Å². The van der Waals surface area contributed by atoms with Gasteiger partial charge in [-0.2, -0.15) is 15.0 Å². The number of hydrogen-bond donors (Lipinski definition) is 0. The summed E-state index contributed by atoms with van der Waals surface area (Å²) >= 11 is 3.97. The Bertz CT molecular complexity index is 1160. The summed E-state index contributed by atoms with van der Waals surface area (Å²) in [7, 11) is 0. The van der Waals surface area contributed by atoms with E-state index in [1.54, 1.807) is 54.6 Å². The molecule has 1 aromatic heterocycles. The second kappa shape index (κ2) is 11.0. The first-order valence-electron chi connectivity index (χ1n) is 9.60. The zero-order valence-electron chi connectivity index (χ0n) is 17.0. The summed E-state index contributed by atoms with van der Waals surface area (Å²) in [4.78, 5) is 49.5. The molecular formula is C24H15N3O3S3. The molecule has 1 heterocycles. The zero-order chi connectivity index (χ0) is 23.0. The Morgan fingerprint density at radius 1 is 0.485 bits per heavy atom. The molecule has 0 bridgehead atoms. The van der Waals surface area contributed by atoms with E-state index in [0.29, 0.717) is 32.2 Å². The lowest BCUT2D eigenvalue weighted by atomic mass is 10.2. The van der Waals surface area contributed by atoms with E-state index in [2.05, 4.69) is 15.0 Å². The summed E-state index contributed by atoms with van der Waals surface area (Å²) in [5.41, 5.74) is 1.69. The van der Waals surface area contributed by atoms with Crippen LogP contribution in [-0.2, 0) is 0 Å². The van der Waals surface area contributed by atoms with Crippen molar-refractivity contribution in [1.29, 1.82) is 0 Å². The van der Waals surface area contributed by atoms with Gasteiger partial charge >= 0.3 is 0 Å². The molecule has 162 valence electrons. The fourth-order valence-electron chi connectivity index (χ4n) is 2.73. The van der Waals surface area contributed by atoms with E-state index in [4.69, 9.17) is 0 Å². The first kappa shape index (κ1) is 22.9. The SMILES string of the molecule is O=Cc1cccc(Sc2nc(Sc3cccc(C=O)c3)nc(Sc3cccc(C=O)c3)n2)c1. The molecule has 0 aliphatic carbocycles. The van der Waals surface area contributed by atoms with E-state index in [0.717, 1.165) is 33.5 Å². The molecule has 3 aromatic carbocycles. The highest BCUT2D eigenvalue weighted by Crippen LogP contribution is 2.33. The van der Waals surface area contributed by atoms with Gasteiger partial charge in [0.2, 0.25) is 0 Å². The third-order valence-electron chi connectivity index (χ3n) is 4.18. The van der Waals surface area contributed by atoms with E-state index < -0.39 is 0 Å². The van der Waals surface area contributed by atoms with Crippen molar-refractivity contribution in [2.24, 2.45) is 0 Å².